The molecular weight excluding hydrogens is 327 g/mol. The van der Waals surface area contributed by atoms with Gasteiger partial charge in [-0.05, 0) is 24.0 Å². The standard InChI is InChI=1S/C16H20F3NO4/c1-9(2)6-13(21)14(22)20-12(15(23)24)8-10-4-3-5-11(7-10)16(17,18)19/h3-5,7,9,12-13,21H,6,8H2,1-2H3,(H,20,22)(H,23,24)/t12-,13+/m1/s1. The number of carboxylic acids is 1. The number of aliphatic hydroxyl groups is 1. The van der Waals surface area contributed by atoms with E-state index in [0.29, 0.717) is 0 Å². The van der Waals surface area contributed by atoms with Crippen molar-refractivity contribution < 1.29 is 33.0 Å². The molecule has 1 amide bonds. The summed E-state index contributed by atoms with van der Waals surface area (Å²) in [6.45, 7) is 3.57. The van der Waals surface area contributed by atoms with Crippen molar-refractivity contribution >= 4 is 11.9 Å². The molecule has 0 saturated carbocycles. The second-order valence-corrected chi connectivity index (χ2v) is 5.95. The maximum absolute atomic E-state index is 12.7. The molecule has 5 nitrogen and oxygen atoms in total. The number of nitrogens with one attached hydrogen (secondary N) is 1. The summed E-state index contributed by atoms with van der Waals surface area (Å²) in [7, 11) is 0. The van der Waals surface area contributed by atoms with Crippen molar-refractivity contribution in [2.45, 2.75) is 45.0 Å². The van der Waals surface area contributed by atoms with Crippen molar-refractivity contribution in [3.05, 3.63) is 35.4 Å². The van der Waals surface area contributed by atoms with Crippen LogP contribution in [0.1, 0.15) is 31.4 Å². The van der Waals surface area contributed by atoms with E-state index in [-0.39, 0.29) is 24.3 Å². The number of aliphatic carboxylic acids is 1. The Morgan fingerprint density at radius 2 is 1.88 bits per heavy atom. The molecule has 0 aromatic heterocycles. The lowest BCUT2D eigenvalue weighted by atomic mass is 10.0. The molecule has 0 radical (unpaired) electrons. The van der Waals surface area contributed by atoms with E-state index in [2.05, 4.69) is 5.32 Å². The van der Waals surface area contributed by atoms with Gasteiger partial charge in [0, 0.05) is 6.42 Å². The third-order valence-electron chi connectivity index (χ3n) is 3.31. The zero-order chi connectivity index (χ0) is 18.5. The number of hydrogen-bond acceptors (Lipinski definition) is 3. The van der Waals surface area contributed by atoms with Crippen LogP contribution < -0.4 is 5.32 Å². The topological polar surface area (TPSA) is 86.6 Å². The first-order valence-electron chi connectivity index (χ1n) is 7.38. The molecule has 1 rings (SSSR count). The Bertz CT molecular complexity index is 587. The van der Waals surface area contributed by atoms with E-state index >= 15 is 0 Å². The summed E-state index contributed by atoms with van der Waals surface area (Å²) in [5, 5.41) is 21.0. The molecule has 0 aliphatic rings. The van der Waals surface area contributed by atoms with Gasteiger partial charge in [-0.1, -0.05) is 32.0 Å². The minimum Gasteiger partial charge on any atom is -0.480 e. The van der Waals surface area contributed by atoms with E-state index < -0.39 is 35.8 Å². The number of halogens is 3. The van der Waals surface area contributed by atoms with E-state index in [0.717, 1.165) is 12.1 Å². The van der Waals surface area contributed by atoms with Crippen molar-refractivity contribution in [1.29, 1.82) is 0 Å². The third kappa shape index (κ3) is 6.19. The van der Waals surface area contributed by atoms with Gasteiger partial charge in [0.05, 0.1) is 5.56 Å². The molecule has 24 heavy (non-hydrogen) atoms. The molecule has 0 unspecified atom stereocenters. The predicted octanol–water partition coefficient (Wildman–Crippen LogP) is 2.22. The fraction of sp³-hybridized carbons (Fsp3) is 0.500. The Balaban J connectivity index is 2.84. The highest BCUT2D eigenvalue weighted by Gasteiger charge is 2.31. The average molecular weight is 347 g/mol. The molecule has 8 heteroatoms. The normalized spacial score (nSPS) is 14.3. The summed E-state index contributed by atoms with van der Waals surface area (Å²) < 4.78 is 38.0. The van der Waals surface area contributed by atoms with Crippen LogP contribution in [0.25, 0.3) is 0 Å². The molecule has 2 atom stereocenters. The quantitative estimate of drug-likeness (QED) is 0.706. The van der Waals surface area contributed by atoms with Crippen LogP contribution in [0.3, 0.4) is 0 Å². The minimum absolute atomic E-state index is 0.0255. The minimum atomic E-state index is -4.54. The zero-order valence-electron chi connectivity index (χ0n) is 13.3. The first kappa shape index (κ1) is 20.0. The molecule has 1 aromatic carbocycles. The fourth-order valence-electron chi connectivity index (χ4n) is 2.13. The van der Waals surface area contributed by atoms with Gasteiger partial charge < -0.3 is 15.5 Å². The summed E-state index contributed by atoms with van der Waals surface area (Å²) in [4.78, 5) is 23.1. The van der Waals surface area contributed by atoms with E-state index in [4.69, 9.17) is 5.11 Å². The Labute approximate surface area is 137 Å². The summed E-state index contributed by atoms with van der Waals surface area (Å²) in [6, 6.07) is 2.81. The molecular formula is C16H20F3NO4. The zero-order valence-corrected chi connectivity index (χ0v) is 13.3. The van der Waals surface area contributed by atoms with Gasteiger partial charge in [-0.15, -0.1) is 0 Å². The second-order valence-electron chi connectivity index (χ2n) is 5.95. The second kappa shape index (κ2) is 8.14. The lowest BCUT2D eigenvalue weighted by Gasteiger charge is -2.19. The van der Waals surface area contributed by atoms with Crippen LogP contribution >= 0.6 is 0 Å². The summed E-state index contributed by atoms with van der Waals surface area (Å²) in [6.07, 6.45) is -6.07. The van der Waals surface area contributed by atoms with Crippen molar-refractivity contribution in [2.75, 3.05) is 0 Å². The summed E-state index contributed by atoms with van der Waals surface area (Å²) in [5.41, 5.74) is -0.772. The number of hydrogen-bond donors (Lipinski definition) is 3. The number of amides is 1. The smallest absolute Gasteiger partial charge is 0.416 e. The first-order chi connectivity index (χ1) is 11.0. The molecule has 0 saturated heterocycles. The molecule has 0 spiro atoms. The molecule has 134 valence electrons. The average Bonchev–Trinajstić information content (AvgIpc) is 2.45. The van der Waals surface area contributed by atoms with Crippen LogP contribution in [-0.2, 0) is 22.2 Å². The van der Waals surface area contributed by atoms with Gasteiger partial charge in [-0.25, -0.2) is 4.79 Å². The van der Waals surface area contributed by atoms with Gasteiger partial charge in [0.1, 0.15) is 12.1 Å². The number of alkyl halides is 3. The van der Waals surface area contributed by atoms with Gasteiger partial charge >= 0.3 is 12.1 Å². The van der Waals surface area contributed by atoms with E-state index in [9.17, 15) is 27.9 Å². The number of carbonyl (C=O) groups is 2. The monoisotopic (exact) mass is 347 g/mol. The van der Waals surface area contributed by atoms with Crippen molar-refractivity contribution in [1.82, 2.24) is 5.32 Å². The number of carboxylic acid groups (broad SMARTS) is 1. The highest BCUT2D eigenvalue weighted by molar-refractivity contribution is 5.86. The number of benzene rings is 1. The number of rotatable bonds is 7. The molecule has 0 aliphatic carbocycles. The van der Waals surface area contributed by atoms with Gasteiger partial charge in [-0.2, -0.15) is 13.2 Å². The lowest BCUT2D eigenvalue weighted by molar-refractivity contribution is -0.143. The van der Waals surface area contributed by atoms with E-state index in [1.54, 1.807) is 13.8 Å². The van der Waals surface area contributed by atoms with Gasteiger partial charge in [0.2, 0.25) is 5.91 Å². The van der Waals surface area contributed by atoms with Crippen LogP contribution in [-0.4, -0.2) is 34.2 Å². The Kier molecular flexibility index (Phi) is 6.77. The van der Waals surface area contributed by atoms with Crippen molar-refractivity contribution in [3.8, 4) is 0 Å². The molecule has 0 heterocycles. The van der Waals surface area contributed by atoms with Crippen LogP contribution in [0.2, 0.25) is 0 Å². The first-order valence-corrected chi connectivity index (χ1v) is 7.38. The largest absolute Gasteiger partial charge is 0.480 e. The molecule has 0 fully saturated rings. The van der Waals surface area contributed by atoms with Gasteiger partial charge in [0.15, 0.2) is 0 Å². The Morgan fingerprint density at radius 3 is 2.38 bits per heavy atom. The van der Waals surface area contributed by atoms with Crippen LogP contribution in [0.5, 0.6) is 0 Å². The fourth-order valence-corrected chi connectivity index (χ4v) is 2.13. The number of aliphatic hydroxyl groups excluding tert-OH is 1. The third-order valence-corrected chi connectivity index (χ3v) is 3.31. The maximum atomic E-state index is 12.7. The van der Waals surface area contributed by atoms with Crippen molar-refractivity contribution in [2.24, 2.45) is 5.92 Å². The van der Waals surface area contributed by atoms with E-state index in [1.165, 1.54) is 12.1 Å². The van der Waals surface area contributed by atoms with Crippen LogP contribution in [0.15, 0.2) is 24.3 Å². The van der Waals surface area contributed by atoms with E-state index in [1.807, 2.05) is 0 Å². The van der Waals surface area contributed by atoms with Gasteiger partial charge in [0.25, 0.3) is 0 Å². The molecule has 0 bridgehead atoms. The molecule has 3 N–H and O–H groups in total. The lowest BCUT2D eigenvalue weighted by Crippen LogP contribution is -2.46. The predicted molar refractivity (Wildman–Crippen MR) is 80.2 cm³/mol. The number of carbonyl (C=O) groups excluding carboxylic acids is 1. The Morgan fingerprint density at radius 1 is 1.25 bits per heavy atom. The summed E-state index contributed by atoms with van der Waals surface area (Å²) in [5.74, 6) is -2.22. The molecule has 1 aromatic rings. The SMILES string of the molecule is CC(C)C[C@H](O)C(=O)N[C@H](Cc1cccc(C(F)(F)F)c1)C(=O)O. The molecule has 0 aliphatic heterocycles. The van der Waals surface area contributed by atoms with Gasteiger partial charge in [-0.3, -0.25) is 4.79 Å². The Hall–Kier alpha value is -2.09. The maximum Gasteiger partial charge on any atom is 0.416 e. The highest BCUT2D eigenvalue weighted by atomic mass is 19.4. The highest BCUT2D eigenvalue weighted by Crippen LogP contribution is 2.29. The summed E-state index contributed by atoms with van der Waals surface area (Å²) >= 11 is 0. The van der Waals surface area contributed by atoms with Crippen LogP contribution in [0.4, 0.5) is 13.2 Å². The van der Waals surface area contributed by atoms with Crippen molar-refractivity contribution in [3.63, 3.8) is 0 Å². The van der Waals surface area contributed by atoms with Crippen LogP contribution in [0, 0.1) is 5.92 Å².